The van der Waals surface area contributed by atoms with Gasteiger partial charge < -0.3 is 15.4 Å². The second-order valence-corrected chi connectivity index (χ2v) is 10.6. The summed E-state index contributed by atoms with van der Waals surface area (Å²) in [6, 6.07) is 13.9. The Balaban J connectivity index is 1.36. The third-order valence-electron chi connectivity index (χ3n) is 6.33. The SMILES string of the molecule is CC(C)(C)CC(O)Nc1cncc(-c2cc3c(-c4nc5c(-c6cccnc6)cccc5[nH]4)n[nH]c3cn2)c1. The minimum Gasteiger partial charge on any atom is -0.374 e. The van der Waals surface area contributed by atoms with Crippen molar-refractivity contribution < 1.29 is 5.11 Å². The molecule has 5 heterocycles. The fourth-order valence-corrected chi connectivity index (χ4v) is 4.64. The molecule has 9 nitrogen and oxygen atoms in total. The number of aliphatic hydroxyl groups excluding tert-OH is 1. The Morgan fingerprint density at radius 2 is 1.82 bits per heavy atom. The van der Waals surface area contributed by atoms with Crippen molar-refractivity contribution in [1.82, 2.24) is 35.1 Å². The van der Waals surface area contributed by atoms with Gasteiger partial charge >= 0.3 is 0 Å². The molecule has 0 radical (unpaired) electrons. The topological polar surface area (TPSA) is 128 Å². The Bertz CT molecular complexity index is 1730. The Labute approximate surface area is 219 Å². The molecular formula is C29H28N8O. The minimum absolute atomic E-state index is 0.00284. The molecule has 0 spiro atoms. The van der Waals surface area contributed by atoms with Crippen LogP contribution < -0.4 is 5.32 Å². The fraction of sp³-hybridized carbons (Fsp3) is 0.207. The lowest BCUT2D eigenvalue weighted by atomic mass is 9.91. The van der Waals surface area contributed by atoms with Gasteiger partial charge in [-0.2, -0.15) is 5.10 Å². The highest BCUT2D eigenvalue weighted by atomic mass is 16.3. The number of fused-ring (bicyclic) bond motifs is 2. The number of aliphatic hydroxyl groups is 1. The number of para-hydroxylation sites is 1. The predicted molar refractivity (Wildman–Crippen MR) is 149 cm³/mol. The van der Waals surface area contributed by atoms with Gasteiger partial charge in [-0.3, -0.25) is 20.1 Å². The summed E-state index contributed by atoms with van der Waals surface area (Å²) in [5.41, 5.74) is 7.60. The maximum atomic E-state index is 10.4. The molecule has 6 aromatic rings. The number of benzene rings is 1. The Hall–Kier alpha value is -4.63. The highest BCUT2D eigenvalue weighted by Gasteiger charge is 2.18. The number of anilines is 1. The average molecular weight is 505 g/mol. The van der Waals surface area contributed by atoms with Crippen LogP contribution in [0.1, 0.15) is 27.2 Å². The third kappa shape index (κ3) is 4.71. The van der Waals surface area contributed by atoms with Gasteiger partial charge in [-0.25, -0.2) is 4.98 Å². The number of imidazole rings is 1. The second kappa shape index (κ2) is 9.35. The molecule has 6 rings (SSSR count). The summed E-state index contributed by atoms with van der Waals surface area (Å²) < 4.78 is 0. The van der Waals surface area contributed by atoms with Crippen LogP contribution in [0.15, 0.2) is 73.4 Å². The van der Waals surface area contributed by atoms with Crippen molar-refractivity contribution in [3.8, 4) is 33.9 Å². The molecule has 5 aromatic heterocycles. The molecule has 1 unspecified atom stereocenters. The van der Waals surface area contributed by atoms with Gasteiger partial charge in [0.15, 0.2) is 5.82 Å². The molecule has 1 aromatic carbocycles. The van der Waals surface area contributed by atoms with Crippen molar-refractivity contribution in [3.63, 3.8) is 0 Å². The number of nitrogens with zero attached hydrogens (tertiary/aromatic N) is 5. The summed E-state index contributed by atoms with van der Waals surface area (Å²) in [6.45, 7) is 6.28. The van der Waals surface area contributed by atoms with Crippen molar-refractivity contribution in [1.29, 1.82) is 0 Å². The van der Waals surface area contributed by atoms with Crippen LogP contribution in [0.25, 0.3) is 55.8 Å². The van der Waals surface area contributed by atoms with Gasteiger partial charge in [-0.1, -0.05) is 39.0 Å². The normalized spacial score (nSPS) is 12.7. The lowest BCUT2D eigenvalue weighted by Crippen LogP contribution is -2.25. The number of pyridine rings is 3. The summed E-state index contributed by atoms with van der Waals surface area (Å²) >= 11 is 0. The molecule has 4 N–H and O–H groups in total. The number of H-pyrrole nitrogens is 2. The van der Waals surface area contributed by atoms with Crippen molar-refractivity contribution in [2.75, 3.05) is 5.32 Å². The van der Waals surface area contributed by atoms with Crippen LogP contribution in [0.2, 0.25) is 0 Å². The molecule has 0 fully saturated rings. The van der Waals surface area contributed by atoms with E-state index in [9.17, 15) is 5.11 Å². The van der Waals surface area contributed by atoms with Gasteiger partial charge in [-0.15, -0.1) is 0 Å². The van der Waals surface area contributed by atoms with Gasteiger partial charge in [0.25, 0.3) is 0 Å². The minimum atomic E-state index is -0.674. The monoisotopic (exact) mass is 504 g/mol. The summed E-state index contributed by atoms with van der Waals surface area (Å²) in [5.74, 6) is 0.665. The van der Waals surface area contributed by atoms with Gasteiger partial charge in [0.1, 0.15) is 11.9 Å². The smallest absolute Gasteiger partial charge is 0.159 e. The van der Waals surface area contributed by atoms with E-state index in [0.717, 1.165) is 50.0 Å². The van der Waals surface area contributed by atoms with Crippen molar-refractivity contribution in [2.24, 2.45) is 5.41 Å². The first-order valence-corrected chi connectivity index (χ1v) is 12.5. The van der Waals surface area contributed by atoms with Crippen LogP contribution in [0.5, 0.6) is 0 Å². The van der Waals surface area contributed by atoms with E-state index in [1.54, 1.807) is 24.8 Å². The zero-order valence-corrected chi connectivity index (χ0v) is 21.4. The molecule has 0 bridgehead atoms. The number of aromatic nitrogens is 7. The molecule has 38 heavy (non-hydrogen) atoms. The van der Waals surface area contributed by atoms with Crippen LogP contribution in [0.3, 0.4) is 0 Å². The van der Waals surface area contributed by atoms with Crippen LogP contribution in [0, 0.1) is 5.41 Å². The first-order chi connectivity index (χ1) is 18.3. The number of hydrogen-bond donors (Lipinski definition) is 4. The summed E-state index contributed by atoms with van der Waals surface area (Å²) in [4.78, 5) is 21.6. The van der Waals surface area contributed by atoms with Gasteiger partial charge in [0.2, 0.25) is 0 Å². The predicted octanol–water partition coefficient (Wildman–Crippen LogP) is 5.79. The van der Waals surface area contributed by atoms with E-state index < -0.39 is 6.23 Å². The Morgan fingerprint density at radius 3 is 2.63 bits per heavy atom. The van der Waals surface area contributed by atoms with Crippen LogP contribution in [0.4, 0.5) is 5.69 Å². The number of aromatic amines is 2. The molecule has 9 heteroatoms. The molecule has 0 aliphatic rings. The van der Waals surface area contributed by atoms with E-state index in [1.165, 1.54) is 0 Å². The number of rotatable bonds is 6. The highest BCUT2D eigenvalue weighted by molar-refractivity contribution is 5.97. The molecule has 1 atom stereocenters. The Morgan fingerprint density at radius 1 is 0.947 bits per heavy atom. The lowest BCUT2D eigenvalue weighted by Gasteiger charge is -2.23. The molecule has 0 saturated heterocycles. The van der Waals surface area contributed by atoms with E-state index in [-0.39, 0.29) is 5.41 Å². The summed E-state index contributed by atoms with van der Waals surface area (Å²) in [5, 5.41) is 22.1. The maximum absolute atomic E-state index is 10.4. The fourth-order valence-electron chi connectivity index (χ4n) is 4.64. The Kier molecular flexibility index (Phi) is 5.84. The van der Waals surface area contributed by atoms with E-state index >= 15 is 0 Å². The van der Waals surface area contributed by atoms with Gasteiger partial charge in [0, 0.05) is 40.7 Å². The first-order valence-electron chi connectivity index (χ1n) is 12.5. The average Bonchev–Trinajstić information content (AvgIpc) is 3.51. The zero-order valence-electron chi connectivity index (χ0n) is 21.4. The van der Waals surface area contributed by atoms with E-state index in [0.29, 0.717) is 17.9 Å². The van der Waals surface area contributed by atoms with Crippen molar-refractivity contribution in [3.05, 3.63) is 73.4 Å². The largest absolute Gasteiger partial charge is 0.374 e. The van der Waals surface area contributed by atoms with E-state index in [4.69, 9.17) is 4.98 Å². The molecule has 190 valence electrons. The van der Waals surface area contributed by atoms with Crippen LogP contribution in [-0.2, 0) is 0 Å². The van der Waals surface area contributed by atoms with Crippen molar-refractivity contribution in [2.45, 2.75) is 33.4 Å². The zero-order chi connectivity index (χ0) is 26.3. The van der Waals surface area contributed by atoms with E-state index in [1.807, 2.05) is 48.7 Å². The quantitative estimate of drug-likeness (QED) is 0.211. The molecule has 0 aliphatic carbocycles. The van der Waals surface area contributed by atoms with E-state index in [2.05, 4.69) is 56.2 Å². The third-order valence-corrected chi connectivity index (χ3v) is 6.33. The lowest BCUT2D eigenvalue weighted by molar-refractivity contribution is 0.145. The molecular weight excluding hydrogens is 476 g/mol. The standard InChI is InChI=1S/C29H28N8O/c1-29(2,3)12-25(38)33-19-10-18(14-31-15-19)23-11-21-24(16-32-23)36-37-27(21)28-34-22-8-4-7-20(26(22)35-28)17-6-5-9-30-13-17/h4-11,13-16,25,33,38H,12H2,1-3H3,(H,34,35)(H,36,37). The summed E-state index contributed by atoms with van der Waals surface area (Å²) in [7, 11) is 0. The number of hydrogen-bond acceptors (Lipinski definition) is 7. The summed E-state index contributed by atoms with van der Waals surface area (Å²) in [6.07, 6.45) is 8.76. The number of nitrogens with one attached hydrogen (secondary N) is 3. The second-order valence-electron chi connectivity index (χ2n) is 10.6. The van der Waals surface area contributed by atoms with Crippen LogP contribution in [-0.4, -0.2) is 46.5 Å². The van der Waals surface area contributed by atoms with Crippen LogP contribution >= 0.6 is 0 Å². The van der Waals surface area contributed by atoms with Gasteiger partial charge in [0.05, 0.1) is 40.3 Å². The molecule has 0 aliphatic heterocycles. The van der Waals surface area contributed by atoms with Crippen molar-refractivity contribution >= 4 is 27.6 Å². The molecule has 0 amide bonds. The molecule has 0 saturated carbocycles. The maximum Gasteiger partial charge on any atom is 0.159 e. The van der Waals surface area contributed by atoms with Gasteiger partial charge in [-0.05, 0) is 36.1 Å². The first kappa shape index (κ1) is 23.7. The highest BCUT2D eigenvalue weighted by Crippen LogP contribution is 2.32.